The maximum Gasteiger partial charge on any atom is 0.309 e. The summed E-state index contributed by atoms with van der Waals surface area (Å²) in [6.45, 7) is 0. The zero-order valence-electron chi connectivity index (χ0n) is 12.3. The summed E-state index contributed by atoms with van der Waals surface area (Å²) >= 11 is 0. The summed E-state index contributed by atoms with van der Waals surface area (Å²) in [7, 11) is 1.46. The Kier molecular flexibility index (Phi) is 2.89. The van der Waals surface area contributed by atoms with Gasteiger partial charge in [-0.3, -0.25) is 9.78 Å². The standard InChI is InChI=1S/C19H17NO2/c1-22-18(21)16-14-10-11-19(17(14)16,13-7-3-2-4-8-13)15-9-5-6-12-20-15/h2-12,14,16-17H,1H3/t14-,16+,17-,19+/m0/s1. The summed E-state index contributed by atoms with van der Waals surface area (Å²) in [6, 6.07) is 16.3. The van der Waals surface area contributed by atoms with Crippen molar-refractivity contribution in [3.05, 3.63) is 78.1 Å². The molecule has 1 aromatic carbocycles. The molecule has 1 heterocycles. The van der Waals surface area contributed by atoms with Gasteiger partial charge in [0.2, 0.25) is 0 Å². The number of pyridine rings is 1. The molecule has 0 bridgehead atoms. The lowest BCUT2D eigenvalue weighted by Gasteiger charge is -2.30. The number of esters is 1. The van der Waals surface area contributed by atoms with Crippen molar-refractivity contribution in [2.75, 3.05) is 7.11 Å². The Balaban J connectivity index is 1.86. The van der Waals surface area contributed by atoms with E-state index in [0.717, 1.165) is 5.69 Å². The molecule has 2 aromatic rings. The Morgan fingerprint density at radius 1 is 1.14 bits per heavy atom. The first-order chi connectivity index (χ1) is 10.8. The molecule has 0 amide bonds. The van der Waals surface area contributed by atoms with Crippen LogP contribution in [0.5, 0.6) is 0 Å². The molecule has 1 fully saturated rings. The van der Waals surface area contributed by atoms with Crippen LogP contribution in [0.1, 0.15) is 11.3 Å². The van der Waals surface area contributed by atoms with E-state index in [2.05, 4.69) is 29.3 Å². The molecule has 0 spiro atoms. The summed E-state index contributed by atoms with van der Waals surface area (Å²) in [4.78, 5) is 16.7. The van der Waals surface area contributed by atoms with Crippen LogP contribution in [0.15, 0.2) is 66.9 Å². The van der Waals surface area contributed by atoms with Gasteiger partial charge in [-0.05, 0) is 29.5 Å². The van der Waals surface area contributed by atoms with Gasteiger partial charge in [-0.25, -0.2) is 0 Å². The smallest absolute Gasteiger partial charge is 0.309 e. The number of nitrogens with zero attached hydrogens (tertiary/aromatic N) is 1. The zero-order chi connectivity index (χ0) is 15.2. The second-order valence-electron chi connectivity index (χ2n) is 5.96. The lowest BCUT2D eigenvalue weighted by Crippen LogP contribution is -2.30. The maximum absolute atomic E-state index is 12.1. The minimum Gasteiger partial charge on any atom is -0.469 e. The molecular formula is C19H17NO2. The average molecular weight is 291 g/mol. The van der Waals surface area contributed by atoms with Crippen molar-refractivity contribution in [2.24, 2.45) is 17.8 Å². The second-order valence-corrected chi connectivity index (χ2v) is 5.96. The quantitative estimate of drug-likeness (QED) is 0.644. The van der Waals surface area contributed by atoms with Crippen LogP contribution in [-0.4, -0.2) is 18.1 Å². The number of carbonyl (C=O) groups excluding carboxylic acids is 1. The van der Waals surface area contributed by atoms with E-state index in [1.54, 1.807) is 0 Å². The van der Waals surface area contributed by atoms with Gasteiger partial charge in [-0.1, -0.05) is 48.6 Å². The Bertz CT molecular complexity index is 684. The van der Waals surface area contributed by atoms with Gasteiger partial charge in [0.1, 0.15) is 0 Å². The molecular weight excluding hydrogens is 274 g/mol. The lowest BCUT2D eigenvalue weighted by molar-refractivity contribution is -0.142. The normalized spacial score (nSPS) is 31.6. The molecule has 4 rings (SSSR count). The minimum absolute atomic E-state index is 0.0581. The van der Waals surface area contributed by atoms with Crippen molar-refractivity contribution >= 4 is 5.97 Å². The van der Waals surface area contributed by atoms with Crippen molar-refractivity contribution in [3.63, 3.8) is 0 Å². The number of methoxy groups -OCH3 is 1. The number of rotatable bonds is 3. The van der Waals surface area contributed by atoms with Gasteiger partial charge in [-0.2, -0.15) is 0 Å². The fraction of sp³-hybridized carbons (Fsp3) is 0.263. The monoisotopic (exact) mass is 291 g/mol. The van der Waals surface area contributed by atoms with Crippen molar-refractivity contribution in [1.29, 1.82) is 0 Å². The number of hydrogen-bond acceptors (Lipinski definition) is 3. The van der Waals surface area contributed by atoms with E-state index in [1.807, 2.05) is 42.6 Å². The van der Waals surface area contributed by atoms with Gasteiger partial charge in [0.25, 0.3) is 0 Å². The summed E-state index contributed by atoms with van der Waals surface area (Å²) in [6.07, 6.45) is 6.20. The van der Waals surface area contributed by atoms with Crippen molar-refractivity contribution in [2.45, 2.75) is 5.41 Å². The fourth-order valence-electron chi connectivity index (χ4n) is 3.99. The van der Waals surface area contributed by atoms with Gasteiger partial charge in [0, 0.05) is 6.20 Å². The zero-order valence-corrected chi connectivity index (χ0v) is 12.3. The fourth-order valence-corrected chi connectivity index (χ4v) is 3.99. The molecule has 0 N–H and O–H groups in total. The van der Waals surface area contributed by atoms with Crippen LogP contribution in [-0.2, 0) is 14.9 Å². The molecule has 3 nitrogen and oxygen atoms in total. The van der Waals surface area contributed by atoms with Gasteiger partial charge in [0.15, 0.2) is 0 Å². The molecule has 0 unspecified atom stereocenters. The van der Waals surface area contributed by atoms with Gasteiger partial charge in [0.05, 0.1) is 24.1 Å². The van der Waals surface area contributed by atoms with E-state index in [1.165, 1.54) is 12.7 Å². The van der Waals surface area contributed by atoms with Gasteiger partial charge in [-0.15, -0.1) is 0 Å². The van der Waals surface area contributed by atoms with E-state index < -0.39 is 0 Å². The summed E-state index contributed by atoms with van der Waals surface area (Å²) in [5.74, 6) is 0.291. The largest absolute Gasteiger partial charge is 0.469 e. The van der Waals surface area contributed by atoms with Crippen LogP contribution in [0.25, 0.3) is 0 Å². The summed E-state index contributed by atoms with van der Waals surface area (Å²) in [5, 5.41) is 0. The molecule has 0 saturated heterocycles. The van der Waals surface area contributed by atoms with Crippen LogP contribution in [0.3, 0.4) is 0 Å². The highest BCUT2D eigenvalue weighted by atomic mass is 16.5. The van der Waals surface area contributed by atoms with Crippen molar-refractivity contribution < 1.29 is 9.53 Å². The number of allylic oxidation sites excluding steroid dienone is 2. The third kappa shape index (κ3) is 1.68. The van der Waals surface area contributed by atoms with Crippen LogP contribution >= 0.6 is 0 Å². The number of benzene rings is 1. The van der Waals surface area contributed by atoms with E-state index in [0.29, 0.717) is 0 Å². The van der Waals surface area contributed by atoms with Gasteiger partial charge < -0.3 is 4.74 Å². The van der Waals surface area contributed by atoms with Gasteiger partial charge >= 0.3 is 5.97 Å². The van der Waals surface area contributed by atoms with Crippen molar-refractivity contribution in [3.8, 4) is 0 Å². The Labute approximate surface area is 129 Å². The number of ether oxygens (including phenoxy) is 1. The number of fused-ring (bicyclic) bond motifs is 1. The topological polar surface area (TPSA) is 39.2 Å². The highest BCUT2D eigenvalue weighted by molar-refractivity contribution is 5.79. The predicted molar refractivity (Wildman–Crippen MR) is 83.1 cm³/mol. The summed E-state index contributed by atoms with van der Waals surface area (Å²) in [5.41, 5.74) is 1.85. The Hall–Kier alpha value is -2.42. The first-order valence-corrected chi connectivity index (χ1v) is 7.53. The molecule has 4 atom stereocenters. The second kappa shape index (κ2) is 4.80. The van der Waals surface area contributed by atoms with Crippen molar-refractivity contribution in [1.82, 2.24) is 4.98 Å². The maximum atomic E-state index is 12.1. The molecule has 22 heavy (non-hydrogen) atoms. The molecule has 0 radical (unpaired) electrons. The minimum atomic E-state index is -0.327. The van der Waals surface area contributed by atoms with Crippen LogP contribution in [0, 0.1) is 17.8 Å². The first-order valence-electron chi connectivity index (χ1n) is 7.53. The van der Waals surface area contributed by atoms with E-state index in [9.17, 15) is 4.79 Å². The van der Waals surface area contributed by atoms with Crippen LogP contribution < -0.4 is 0 Å². The molecule has 3 heteroatoms. The molecule has 2 aliphatic rings. The molecule has 2 aliphatic carbocycles. The summed E-state index contributed by atoms with van der Waals surface area (Å²) < 4.78 is 4.98. The number of aromatic nitrogens is 1. The van der Waals surface area contributed by atoms with E-state index in [4.69, 9.17) is 4.74 Å². The molecule has 1 saturated carbocycles. The molecule has 0 aliphatic heterocycles. The number of carbonyl (C=O) groups is 1. The molecule has 110 valence electrons. The number of hydrogen-bond donors (Lipinski definition) is 0. The molecule has 1 aromatic heterocycles. The Morgan fingerprint density at radius 2 is 1.91 bits per heavy atom. The SMILES string of the molecule is COC(=O)[C@@H]1[C@@H]2C=C[C@@](c3ccccc3)(c3ccccn3)[C@@H]21. The van der Waals surface area contributed by atoms with E-state index in [-0.39, 0.29) is 29.1 Å². The third-order valence-corrected chi connectivity index (χ3v) is 5.00. The van der Waals surface area contributed by atoms with E-state index >= 15 is 0 Å². The third-order valence-electron chi connectivity index (χ3n) is 5.00. The average Bonchev–Trinajstić information content (AvgIpc) is 3.19. The van der Waals surface area contributed by atoms with Crippen LogP contribution in [0.4, 0.5) is 0 Å². The lowest BCUT2D eigenvalue weighted by atomic mass is 9.73. The highest BCUT2D eigenvalue weighted by Gasteiger charge is 2.67. The highest BCUT2D eigenvalue weighted by Crippen LogP contribution is 2.65. The predicted octanol–water partition coefficient (Wildman–Crippen LogP) is 2.97. The Morgan fingerprint density at radius 3 is 2.59 bits per heavy atom. The van der Waals surface area contributed by atoms with Crippen LogP contribution in [0.2, 0.25) is 0 Å². The first kappa shape index (κ1) is 13.3.